The molecule has 2 heteroatoms. The Kier molecular flexibility index (Phi) is 5.67. The van der Waals surface area contributed by atoms with E-state index < -0.39 is 5.60 Å². The summed E-state index contributed by atoms with van der Waals surface area (Å²) in [6.45, 7) is 7.33. The molecule has 2 N–H and O–H groups in total. The van der Waals surface area contributed by atoms with Gasteiger partial charge in [-0.3, -0.25) is 0 Å². The Morgan fingerprint density at radius 2 is 2.15 bits per heavy atom. The number of allylic oxidation sites excluding steroid dienone is 1. The molecule has 0 aromatic carbocycles. The minimum absolute atomic E-state index is 0.123. The van der Waals surface area contributed by atoms with Crippen molar-refractivity contribution in [2.45, 2.75) is 38.7 Å². The van der Waals surface area contributed by atoms with Gasteiger partial charge in [-0.1, -0.05) is 17.7 Å². The smallest absolute Gasteiger partial charge is 0.0797 e. The van der Waals surface area contributed by atoms with Crippen LogP contribution >= 0.6 is 0 Å². The van der Waals surface area contributed by atoms with E-state index in [1.54, 1.807) is 13.0 Å². The number of hydrogen-bond donors (Lipinski definition) is 2. The van der Waals surface area contributed by atoms with Gasteiger partial charge in [-0.2, -0.15) is 0 Å². The number of hydrogen-bond acceptors (Lipinski definition) is 2. The van der Waals surface area contributed by atoms with Gasteiger partial charge in [-0.15, -0.1) is 6.58 Å². The van der Waals surface area contributed by atoms with E-state index in [9.17, 15) is 5.11 Å². The Morgan fingerprint density at radius 3 is 2.62 bits per heavy atom. The summed E-state index contributed by atoms with van der Waals surface area (Å²) in [4.78, 5) is 0. The van der Waals surface area contributed by atoms with Gasteiger partial charge in [0.15, 0.2) is 0 Å². The summed E-state index contributed by atoms with van der Waals surface area (Å²) in [6.07, 6.45) is 6.09. The lowest BCUT2D eigenvalue weighted by Gasteiger charge is -2.17. The minimum Gasteiger partial charge on any atom is -0.392 e. The van der Waals surface area contributed by atoms with Crippen LogP contribution in [0.1, 0.15) is 33.1 Å². The average molecular weight is 184 g/mol. The molecule has 0 spiro atoms. The van der Waals surface area contributed by atoms with Crippen molar-refractivity contribution in [2.75, 3.05) is 6.61 Å². The number of unbranched alkanes of at least 4 members (excludes halogenated alkanes) is 1. The van der Waals surface area contributed by atoms with Crippen molar-refractivity contribution < 1.29 is 10.2 Å². The first kappa shape index (κ1) is 12.4. The highest BCUT2D eigenvalue weighted by atomic mass is 16.3. The van der Waals surface area contributed by atoms with E-state index in [1.165, 1.54) is 0 Å². The van der Waals surface area contributed by atoms with E-state index in [2.05, 4.69) is 6.58 Å². The summed E-state index contributed by atoms with van der Waals surface area (Å²) in [7, 11) is 0. The zero-order valence-electron chi connectivity index (χ0n) is 8.58. The van der Waals surface area contributed by atoms with Crippen LogP contribution in [-0.2, 0) is 0 Å². The van der Waals surface area contributed by atoms with E-state index in [0.29, 0.717) is 6.42 Å². The second-order valence-corrected chi connectivity index (χ2v) is 3.66. The molecule has 0 aromatic heterocycles. The van der Waals surface area contributed by atoms with E-state index >= 15 is 0 Å². The monoisotopic (exact) mass is 184 g/mol. The molecule has 0 saturated carbocycles. The van der Waals surface area contributed by atoms with Crippen molar-refractivity contribution >= 4 is 0 Å². The Hall–Kier alpha value is -0.600. The molecule has 13 heavy (non-hydrogen) atoms. The van der Waals surface area contributed by atoms with E-state index in [0.717, 1.165) is 18.4 Å². The van der Waals surface area contributed by atoms with Gasteiger partial charge < -0.3 is 10.2 Å². The molecule has 1 unspecified atom stereocenters. The maximum absolute atomic E-state index is 9.56. The maximum Gasteiger partial charge on any atom is 0.0797 e. The van der Waals surface area contributed by atoms with Crippen molar-refractivity contribution in [2.24, 2.45) is 0 Å². The van der Waals surface area contributed by atoms with Gasteiger partial charge in [-0.05, 0) is 33.1 Å². The highest BCUT2D eigenvalue weighted by molar-refractivity contribution is 4.98. The summed E-state index contributed by atoms with van der Waals surface area (Å²) in [5.41, 5.74) is 0.235. The zero-order valence-corrected chi connectivity index (χ0v) is 8.58. The van der Waals surface area contributed by atoms with Gasteiger partial charge in [0.25, 0.3) is 0 Å². The Morgan fingerprint density at radius 1 is 1.54 bits per heavy atom. The first-order valence-corrected chi connectivity index (χ1v) is 4.64. The predicted molar refractivity (Wildman–Crippen MR) is 55.5 cm³/mol. The van der Waals surface area contributed by atoms with Crippen LogP contribution in [0.15, 0.2) is 24.3 Å². The third kappa shape index (κ3) is 6.55. The van der Waals surface area contributed by atoms with E-state index in [1.807, 2.05) is 13.0 Å². The minimum atomic E-state index is -0.749. The number of rotatable bonds is 6. The van der Waals surface area contributed by atoms with Crippen molar-refractivity contribution in [3.63, 3.8) is 0 Å². The van der Waals surface area contributed by atoms with Crippen molar-refractivity contribution in [3.8, 4) is 0 Å². The highest BCUT2D eigenvalue weighted by Crippen LogP contribution is 2.14. The molecule has 1 atom stereocenters. The van der Waals surface area contributed by atoms with Crippen LogP contribution in [0, 0.1) is 0 Å². The molecule has 0 rings (SSSR count). The molecule has 76 valence electrons. The van der Waals surface area contributed by atoms with Crippen molar-refractivity contribution in [1.82, 2.24) is 0 Å². The summed E-state index contributed by atoms with van der Waals surface area (Å²) < 4.78 is 0. The molecular formula is C11H20O2. The van der Waals surface area contributed by atoms with Gasteiger partial charge in [-0.25, -0.2) is 0 Å². The van der Waals surface area contributed by atoms with E-state index in [4.69, 9.17) is 5.11 Å². The number of aliphatic hydroxyl groups excluding tert-OH is 1. The quantitative estimate of drug-likeness (QED) is 0.490. The molecule has 0 heterocycles. The molecule has 0 aromatic rings. The van der Waals surface area contributed by atoms with Crippen LogP contribution in [0.3, 0.4) is 0 Å². The van der Waals surface area contributed by atoms with E-state index in [-0.39, 0.29) is 6.61 Å². The lowest BCUT2D eigenvalue weighted by Crippen LogP contribution is -2.19. The fourth-order valence-corrected chi connectivity index (χ4v) is 0.975. The molecule has 0 amide bonds. The predicted octanol–water partition coefficient (Wildman–Crippen LogP) is 2.03. The maximum atomic E-state index is 9.56. The lowest BCUT2D eigenvalue weighted by atomic mass is 9.99. The molecule has 2 nitrogen and oxygen atoms in total. The highest BCUT2D eigenvalue weighted by Gasteiger charge is 2.13. The SMILES string of the molecule is C=CC(C)(O)CCCC=C(C)CO. The summed E-state index contributed by atoms with van der Waals surface area (Å²) in [5.74, 6) is 0. The average Bonchev–Trinajstić information content (AvgIpc) is 2.12. The number of aliphatic hydroxyl groups is 2. The molecule has 0 aliphatic rings. The fraction of sp³-hybridized carbons (Fsp3) is 0.636. The summed E-state index contributed by atoms with van der Waals surface area (Å²) in [6, 6.07) is 0. The second kappa shape index (κ2) is 5.95. The Labute approximate surface area is 80.6 Å². The molecule has 0 bridgehead atoms. The molecular weight excluding hydrogens is 164 g/mol. The van der Waals surface area contributed by atoms with Crippen LogP contribution in [0.5, 0.6) is 0 Å². The van der Waals surface area contributed by atoms with Gasteiger partial charge in [0, 0.05) is 0 Å². The summed E-state index contributed by atoms with van der Waals surface area (Å²) >= 11 is 0. The first-order valence-electron chi connectivity index (χ1n) is 4.64. The van der Waals surface area contributed by atoms with Gasteiger partial charge in [0.05, 0.1) is 12.2 Å². The van der Waals surface area contributed by atoms with Crippen LogP contribution in [0.25, 0.3) is 0 Å². The van der Waals surface area contributed by atoms with Gasteiger partial charge >= 0.3 is 0 Å². The topological polar surface area (TPSA) is 40.5 Å². The fourth-order valence-electron chi connectivity index (χ4n) is 0.975. The third-order valence-corrected chi connectivity index (χ3v) is 2.07. The normalized spacial score (nSPS) is 16.8. The summed E-state index contributed by atoms with van der Waals surface area (Å²) in [5, 5.41) is 18.3. The third-order valence-electron chi connectivity index (χ3n) is 2.07. The van der Waals surface area contributed by atoms with Crippen LogP contribution in [0.2, 0.25) is 0 Å². The van der Waals surface area contributed by atoms with Crippen LogP contribution in [-0.4, -0.2) is 22.4 Å². The Bertz CT molecular complexity index is 181. The standard InChI is InChI=1S/C11H20O2/c1-4-11(3,13)8-6-5-7-10(2)9-12/h4,7,12-13H,1,5-6,8-9H2,2-3H3. The largest absolute Gasteiger partial charge is 0.392 e. The van der Waals surface area contributed by atoms with Crippen LogP contribution < -0.4 is 0 Å². The van der Waals surface area contributed by atoms with Gasteiger partial charge in [0.1, 0.15) is 0 Å². The molecule has 0 radical (unpaired) electrons. The molecule has 0 saturated heterocycles. The van der Waals surface area contributed by atoms with Crippen LogP contribution in [0.4, 0.5) is 0 Å². The zero-order chi connectivity index (χ0) is 10.3. The molecule has 0 aliphatic heterocycles. The Balaban J connectivity index is 3.63. The lowest BCUT2D eigenvalue weighted by molar-refractivity contribution is 0.100. The second-order valence-electron chi connectivity index (χ2n) is 3.66. The van der Waals surface area contributed by atoms with Crippen molar-refractivity contribution in [3.05, 3.63) is 24.3 Å². The first-order chi connectivity index (χ1) is 6.02. The molecule has 0 fully saturated rings. The van der Waals surface area contributed by atoms with Crippen molar-refractivity contribution in [1.29, 1.82) is 0 Å². The van der Waals surface area contributed by atoms with Gasteiger partial charge in [0.2, 0.25) is 0 Å². The molecule has 0 aliphatic carbocycles.